The summed E-state index contributed by atoms with van der Waals surface area (Å²) in [5.74, 6) is 0.203. The molecule has 0 bridgehead atoms. The van der Waals surface area contributed by atoms with Gasteiger partial charge in [-0.2, -0.15) is 0 Å². The molecule has 1 heterocycles. The lowest BCUT2D eigenvalue weighted by Crippen LogP contribution is -1.94. The Morgan fingerprint density at radius 1 is 1.67 bits per heavy atom. The van der Waals surface area contributed by atoms with Crippen molar-refractivity contribution < 1.29 is 4.79 Å². The van der Waals surface area contributed by atoms with Crippen LogP contribution in [0.2, 0.25) is 0 Å². The van der Waals surface area contributed by atoms with Crippen LogP contribution in [0.25, 0.3) is 0 Å². The van der Waals surface area contributed by atoms with Gasteiger partial charge in [0.2, 0.25) is 0 Å². The highest BCUT2D eigenvalue weighted by Gasteiger charge is 2.07. The lowest BCUT2D eigenvalue weighted by Gasteiger charge is -1.90. The summed E-state index contributed by atoms with van der Waals surface area (Å²) in [5, 5.41) is 0. The van der Waals surface area contributed by atoms with Crippen molar-refractivity contribution in [3.05, 3.63) is 10.6 Å². The van der Waals surface area contributed by atoms with Crippen LogP contribution in [0.3, 0.4) is 0 Å². The summed E-state index contributed by atoms with van der Waals surface area (Å²) in [7, 11) is 0. The lowest BCUT2D eigenvalue weighted by atomic mass is 10.2. The number of carbonyl (C=O) groups is 1. The number of thioether (sulfide) groups is 1. The minimum absolute atomic E-state index is 0.203. The second-order valence-corrected chi connectivity index (χ2v) is 4.71. The van der Waals surface area contributed by atoms with Gasteiger partial charge in [-0.05, 0) is 20.1 Å². The molecule has 0 N–H and O–H groups in total. The van der Waals surface area contributed by atoms with Crippen molar-refractivity contribution in [2.45, 2.75) is 24.6 Å². The van der Waals surface area contributed by atoms with E-state index in [9.17, 15) is 4.79 Å². The first-order chi connectivity index (χ1) is 5.63. The maximum atomic E-state index is 10.8. The van der Waals surface area contributed by atoms with Gasteiger partial charge in [0.15, 0.2) is 0 Å². The number of hydrogen-bond acceptors (Lipinski definition) is 4. The Hall–Kier alpha value is -0.350. The standard InChI is InChI=1S/C8H11NOS2/c1-5(10)4-7-6(2)9-8(11-3)12-7/h4H2,1-3H3. The van der Waals surface area contributed by atoms with Crippen LogP contribution in [0.1, 0.15) is 17.5 Å². The first kappa shape index (κ1) is 9.74. The van der Waals surface area contributed by atoms with Gasteiger partial charge in [-0.25, -0.2) is 4.98 Å². The van der Waals surface area contributed by atoms with Crippen molar-refractivity contribution in [3.8, 4) is 0 Å². The van der Waals surface area contributed by atoms with Crippen molar-refractivity contribution in [1.82, 2.24) is 4.98 Å². The molecule has 0 amide bonds. The van der Waals surface area contributed by atoms with E-state index in [4.69, 9.17) is 0 Å². The van der Waals surface area contributed by atoms with Crippen molar-refractivity contribution in [1.29, 1.82) is 0 Å². The molecular formula is C8H11NOS2. The Kier molecular flexibility index (Phi) is 3.29. The zero-order valence-corrected chi connectivity index (χ0v) is 9.01. The second-order valence-electron chi connectivity index (χ2n) is 2.57. The largest absolute Gasteiger partial charge is 0.300 e. The van der Waals surface area contributed by atoms with Crippen molar-refractivity contribution in [3.63, 3.8) is 0 Å². The normalized spacial score (nSPS) is 10.2. The van der Waals surface area contributed by atoms with E-state index in [0.29, 0.717) is 6.42 Å². The highest BCUT2D eigenvalue weighted by Crippen LogP contribution is 2.25. The topological polar surface area (TPSA) is 30.0 Å². The Morgan fingerprint density at radius 3 is 2.75 bits per heavy atom. The van der Waals surface area contributed by atoms with Gasteiger partial charge in [-0.15, -0.1) is 11.3 Å². The van der Waals surface area contributed by atoms with Gasteiger partial charge in [0.1, 0.15) is 10.1 Å². The molecule has 0 aliphatic rings. The van der Waals surface area contributed by atoms with Crippen LogP contribution in [-0.2, 0) is 11.2 Å². The molecule has 0 radical (unpaired) electrons. The molecule has 2 nitrogen and oxygen atoms in total. The summed E-state index contributed by atoms with van der Waals surface area (Å²) in [4.78, 5) is 16.3. The predicted octanol–water partition coefficient (Wildman–Crippen LogP) is 2.30. The summed E-state index contributed by atoms with van der Waals surface area (Å²) >= 11 is 3.25. The molecule has 0 aromatic carbocycles. The van der Waals surface area contributed by atoms with Gasteiger partial charge < -0.3 is 0 Å². The number of rotatable bonds is 3. The van der Waals surface area contributed by atoms with Crippen LogP contribution in [0.15, 0.2) is 4.34 Å². The summed E-state index contributed by atoms with van der Waals surface area (Å²) in [6.45, 7) is 3.56. The fraction of sp³-hybridized carbons (Fsp3) is 0.500. The summed E-state index contributed by atoms with van der Waals surface area (Å²) in [6, 6.07) is 0. The second kappa shape index (κ2) is 4.05. The van der Waals surface area contributed by atoms with Gasteiger partial charge in [-0.3, -0.25) is 4.79 Å². The smallest absolute Gasteiger partial charge is 0.150 e. The Bertz CT molecular complexity index is 293. The minimum Gasteiger partial charge on any atom is -0.300 e. The van der Waals surface area contributed by atoms with Gasteiger partial charge in [0, 0.05) is 11.3 Å². The predicted molar refractivity (Wildman–Crippen MR) is 53.0 cm³/mol. The molecule has 0 unspecified atom stereocenters. The zero-order chi connectivity index (χ0) is 9.14. The van der Waals surface area contributed by atoms with Crippen molar-refractivity contribution in [2.24, 2.45) is 0 Å². The molecule has 1 rings (SSSR count). The summed E-state index contributed by atoms with van der Waals surface area (Å²) in [6.07, 6.45) is 2.53. The van der Waals surface area contributed by atoms with Crippen LogP contribution in [0.4, 0.5) is 0 Å². The van der Waals surface area contributed by atoms with E-state index in [2.05, 4.69) is 4.98 Å². The number of nitrogens with zero attached hydrogens (tertiary/aromatic N) is 1. The number of Topliss-reactive ketones (excluding diaryl/α,β-unsaturated/α-hetero) is 1. The molecule has 0 saturated carbocycles. The molecule has 0 aliphatic heterocycles. The van der Waals surface area contributed by atoms with Crippen LogP contribution in [0, 0.1) is 6.92 Å². The molecule has 1 aromatic rings. The Morgan fingerprint density at radius 2 is 2.33 bits per heavy atom. The van der Waals surface area contributed by atoms with E-state index in [1.165, 1.54) is 0 Å². The molecule has 66 valence electrons. The van der Waals surface area contributed by atoms with Gasteiger partial charge in [0.05, 0.1) is 5.69 Å². The van der Waals surface area contributed by atoms with Crippen LogP contribution in [0.5, 0.6) is 0 Å². The van der Waals surface area contributed by atoms with Gasteiger partial charge in [0.25, 0.3) is 0 Å². The molecule has 4 heteroatoms. The SMILES string of the molecule is CSc1nc(C)c(CC(C)=O)s1. The number of aryl methyl sites for hydroxylation is 1. The lowest BCUT2D eigenvalue weighted by molar-refractivity contribution is -0.116. The maximum Gasteiger partial charge on any atom is 0.150 e. The zero-order valence-electron chi connectivity index (χ0n) is 7.38. The average molecular weight is 201 g/mol. The van der Waals surface area contributed by atoms with Gasteiger partial charge in [-0.1, -0.05) is 11.8 Å². The number of hydrogen-bond donors (Lipinski definition) is 0. The van der Waals surface area contributed by atoms with E-state index in [-0.39, 0.29) is 5.78 Å². The van der Waals surface area contributed by atoms with Crippen molar-refractivity contribution >= 4 is 28.9 Å². The number of ketones is 1. The Balaban J connectivity index is 2.84. The summed E-state index contributed by atoms with van der Waals surface area (Å²) < 4.78 is 1.05. The highest BCUT2D eigenvalue weighted by molar-refractivity contribution is 8.00. The molecule has 0 spiro atoms. The number of aromatic nitrogens is 1. The fourth-order valence-corrected chi connectivity index (χ4v) is 2.60. The van der Waals surface area contributed by atoms with Crippen LogP contribution < -0.4 is 0 Å². The quantitative estimate of drug-likeness (QED) is 0.703. The first-order valence-electron chi connectivity index (χ1n) is 3.63. The molecule has 1 aromatic heterocycles. The van der Waals surface area contributed by atoms with E-state index >= 15 is 0 Å². The Labute approximate surface area is 80.4 Å². The third-order valence-electron chi connectivity index (χ3n) is 1.46. The third-order valence-corrected chi connectivity index (χ3v) is 3.60. The monoisotopic (exact) mass is 201 g/mol. The third kappa shape index (κ3) is 2.32. The average Bonchev–Trinajstić information content (AvgIpc) is 2.31. The fourth-order valence-electron chi connectivity index (χ4n) is 0.879. The van der Waals surface area contributed by atoms with E-state index in [1.807, 2.05) is 13.2 Å². The van der Waals surface area contributed by atoms with E-state index in [1.54, 1.807) is 30.0 Å². The van der Waals surface area contributed by atoms with E-state index in [0.717, 1.165) is 14.9 Å². The molecule has 0 fully saturated rings. The number of thiazole rings is 1. The molecule has 0 atom stereocenters. The van der Waals surface area contributed by atoms with Crippen molar-refractivity contribution in [2.75, 3.05) is 6.26 Å². The van der Waals surface area contributed by atoms with Gasteiger partial charge >= 0.3 is 0 Å². The molecular weight excluding hydrogens is 190 g/mol. The maximum absolute atomic E-state index is 10.8. The van der Waals surface area contributed by atoms with Crippen LogP contribution >= 0.6 is 23.1 Å². The highest BCUT2D eigenvalue weighted by atomic mass is 32.2. The molecule has 0 saturated heterocycles. The molecule has 0 aliphatic carbocycles. The van der Waals surface area contributed by atoms with E-state index < -0.39 is 0 Å². The molecule has 12 heavy (non-hydrogen) atoms. The summed E-state index contributed by atoms with van der Waals surface area (Å²) in [5.41, 5.74) is 1.000. The minimum atomic E-state index is 0.203. The first-order valence-corrected chi connectivity index (χ1v) is 5.67. The van der Waals surface area contributed by atoms with Crippen LogP contribution in [-0.4, -0.2) is 17.0 Å². The number of carbonyl (C=O) groups excluding carboxylic acids is 1.